The van der Waals surface area contributed by atoms with Crippen LogP contribution in [0.1, 0.15) is 13.8 Å². The zero-order valence-corrected chi connectivity index (χ0v) is 18.0. The molecule has 0 spiro atoms. The van der Waals surface area contributed by atoms with E-state index in [2.05, 4.69) is 23.7 Å². The van der Waals surface area contributed by atoms with Crippen LogP contribution in [-0.4, -0.2) is 48.6 Å². The van der Waals surface area contributed by atoms with Gasteiger partial charge in [-0.1, -0.05) is 36.8 Å². The molecule has 5 nitrogen and oxygen atoms in total. The van der Waals surface area contributed by atoms with E-state index in [9.17, 15) is 9.18 Å². The Bertz CT molecular complexity index is 960. The van der Waals surface area contributed by atoms with Gasteiger partial charge in [0.1, 0.15) is 11.6 Å². The number of nitrogens with zero attached hydrogens (tertiary/aromatic N) is 3. The van der Waals surface area contributed by atoms with Crippen LogP contribution in [0.4, 0.5) is 9.52 Å². The first kappa shape index (κ1) is 21.5. The molecule has 2 aromatic carbocycles. The smallest absolute Gasteiger partial charge is 0.266 e. The van der Waals surface area contributed by atoms with Gasteiger partial charge in [-0.3, -0.25) is 9.69 Å². The van der Waals surface area contributed by atoms with Crippen LogP contribution in [0.5, 0.6) is 5.75 Å². The summed E-state index contributed by atoms with van der Waals surface area (Å²) in [7, 11) is 0. The van der Waals surface area contributed by atoms with Crippen molar-refractivity contribution in [1.29, 1.82) is 0 Å². The van der Waals surface area contributed by atoms with Crippen molar-refractivity contribution in [3.63, 3.8) is 0 Å². The topological polar surface area (TPSA) is 45.7 Å². The Kier molecular flexibility index (Phi) is 7.41. The lowest BCUT2D eigenvalue weighted by Gasteiger charge is -2.24. The zero-order valence-electron chi connectivity index (χ0n) is 16.4. The fourth-order valence-corrected chi connectivity index (χ4v) is 4.02. The number of rotatable bonds is 9. The molecule has 0 aliphatic carbocycles. The van der Waals surface area contributed by atoms with E-state index in [1.165, 1.54) is 23.5 Å². The molecule has 0 aliphatic rings. The molecule has 1 amide bonds. The molecule has 0 N–H and O–H groups in total. The van der Waals surface area contributed by atoms with E-state index in [1.807, 2.05) is 0 Å². The van der Waals surface area contributed by atoms with Gasteiger partial charge in [-0.25, -0.2) is 9.37 Å². The van der Waals surface area contributed by atoms with Gasteiger partial charge in [0, 0.05) is 18.1 Å². The number of halogens is 2. The maximum absolute atomic E-state index is 13.6. The predicted molar refractivity (Wildman–Crippen MR) is 117 cm³/mol. The van der Waals surface area contributed by atoms with Crippen molar-refractivity contribution >= 4 is 44.2 Å². The van der Waals surface area contributed by atoms with Crippen molar-refractivity contribution in [3.05, 3.63) is 53.3 Å². The third kappa shape index (κ3) is 5.65. The molecule has 0 radical (unpaired) electrons. The molecule has 0 unspecified atom stereocenters. The monoisotopic (exact) mass is 435 g/mol. The van der Waals surface area contributed by atoms with Gasteiger partial charge < -0.3 is 9.64 Å². The zero-order chi connectivity index (χ0) is 20.8. The Labute approximate surface area is 178 Å². The Balaban J connectivity index is 1.78. The first-order valence-corrected chi connectivity index (χ1v) is 10.7. The number of carbonyl (C=O) groups excluding carboxylic acids is 1. The molecule has 0 atom stereocenters. The van der Waals surface area contributed by atoms with Crippen molar-refractivity contribution in [3.8, 4) is 5.75 Å². The fraction of sp³-hybridized carbons (Fsp3) is 0.333. The highest BCUT2D eigenvalue weighted by molar-refractivity contribution is 7.22. The maximum atomic E-state index is 13.6. The molecule has 3 rings (SSSR count). The van der Waals surface area contributed by atoms with Crippen LogP contribution >= 0.6 is 22.9 Å². The number of fused-ring (bicyclic) bond motifs is 1. The van der Waals surface area contributed by atoms with Gasteiger partial charge in [-0.2, -0.15) is 0 Å². The number of anilines is 1. The van der Waals surface area contributed by atoms with E-state index in [0.29, 0.717) is 39.2 Å². The molecular formula is C21H23ClFN3O2S. The number of hydrogen-bond acceptors (Lipinski definition) is 5. The third-order valence-corrected chi connectivity index (χ3v) is 5.87. The van der Waals surface area contributed by atoms with Crippen LogP contribution in [0.25, 0.3) is 10.2 Å². The van der Waals surface area contributed by atoms with Gasteiger partial charge in [-0.15, -0.1) is 0 Å². The largest absolute Gasteiger partial charge is 0.484 e. The van der Waals surface area contributed by atoms with E-state index >= 15 is 0 Å². The number of thiazole rings is 1. The van der Waals surface area contributed by atoms with Crippen LogP contribution in [-0.2, 0) is 4.79 Å². The summed E-state index contributed by atoms with van der Waals surface area (Å²) in [5.41, 5.74) is 0.672. The van der Waals surface area contributed by atoms with E-state index in [4.69, 9.17) is 16.3 Å². The average molecular weight is 436 g/mol. The van der Waals surface area contributed by atoms with Gasteiger partial charge in [0.25, 0.3) is 5.91 Å². The van der Waals surface area contributed by atoms with E-state index in [-0.39, 0.29) is 18.3 Å². The summed E-state index contributed by atoms with van der Waals surface area (Å²) in [5, 5.41) is 1.15. The minimum Gasteiger partial charge on any atom is -0.484 e. The van der Waals surface area contributed by atoms with Gasteiger partial charge in [-0.05, 0) is 55.6 Å². The van der Waals surface area contributed by atoms with Crippen molar-refractivity contribution < 1.29 is 13.9 Å². The molecule has 0 aliphatic heterocycles. The normalized spacial score (nSPS) is 11.2. The SMILES string of the molecule is CCN(CC)CCN(C(=O)COc1ccc(Cl)cc1)c1nc2ccc(F)cc2s1. The van der Waals surface area contributed by atoms with E-state index in [0.717, 1.165) is 13.1 Å². The van der Waals surface area contributed by atoms with Crippen LogP contribution in [0, 0.1) is 5.82 Å². The van der Waals surface area contributed by atoms with E-state index < -0.39 is 0 Å². The summed E-state index contributed by atoms with van der Waals surface area (Å²) >= 11 is 7.18. The lowest BCUT2D eigenvalue weighted by Crippen LogP contribution is -2.41. The molecule has 8 heteroatoms. The maximum Gasteiger partial charge on any atom is 0.266 e. The number of benzene rings is 2. The van der Waals surface area contributed by atoms with Crippen molar-refractivity contribution in [1.82, 2.24) is 9.88 Å². The highest BCUT2D eigenvalue weighted by Gasteiger charge is 2.21. The summed E-state index contributed by atoms with van der Waals surface area (Å²) in [5.74, 6) is 0.0456. The van der Waals surface area contributed by atoms with Gasteiger partial charge in [0.15, 0.2) is 11.7 Å². The van der Waals surface area contributed by atoms with E-state index in [1.54, 1.807) is 35.2 Å². The molecule has 3 aromatic rings. The Morgan fingerprint density at radius 3 is 2.55 bits per heavy atom. The van der Waals surface area contributed by atoms with Crippen molar-refractivity contribution in [2.24, 2.45) is 0 Å². The number of aromatic nitrogens is 1. The van der Waals surface area contributed by atoms with Crippen LogP contribution < -0.4 is 9.64 Å². The Hall–Kier alpha value is -2.22. The summed E-state index contributed by atoms with van der Waals surface area (Å²) in [6, 6.07) is 11.3. The number of hydrogen-bond donors (Lipinski definition) is 0. The molecule has 154 valence electrons. The molecular weight excluding hydrogens is 413 g/mol. The highest BCUT2D eigenvalue weighted by Crippen LogP contribution is 2.29. The predicted octanol–water partition coefficient (Wildman–Crippen LogP) is 4.84. The highest BCUT2D eigenvalue weighted by atomic mass is 35.5. The van der Waals surface area contributed by atoms with Crippen molar-refractivity contribution in [2.75, 3.05) is 37.7 Å². The van der Waals surface area contributed by atoms with Gasteiger partial charge in [0.2, 0.25) is 0 Å². The number of amides is 1. The third-order valence-electron chi connectivity index (χ3n) is 4.58. The first-order valence-electron chi connectivity index (χ1n) is 9.47. The summed E-state index contributed by atoms with van der Waals surface area (Å²) < 4.78 is 19.9. The standard InChI is InChI=1S/C21H23ClFN3O2S/c1-3-25(4-2)11-12-26(20(27)14-28-17-8-5-15(22)6-9-17)21-24-18-10-7-16(23)13-19(18)29-21/h5-10,13H,3-4,11-12,14H2,1-2H3. The lowest BCUT2D eigenvalue weighted by molar-refractivity contribution is -0.120. The van der Waals surface area contributed by atoms with Crippen LogP contribution in [0.15, 0.2) is 42.5 Å². The summed E-state index contributed by atoms with van der Waals surface area (Å²) in [6.07, 6.45) is 0. The first-order chi connectivity index (χ1) is 14.0. The van der Waals surface area contributed by atoms with Gasteiger partial charge >= 0.3 is 0 Å². The molecule has 0 saturated carbocycles. The fourth-order valence-electron chi connectivity index (χ4n) is 2.86. The Morgan fingerprint density at radius 1 is 1.14 bits per heavy atom. The molecule has 0 bridgehead atoms. The quantitative estimate of drug-likeness (QED) is 0.482. The molecule has 1 aromatic heterocycles. The Morgan fingerprint density at radius 2 is 1.86 bits per heavy atom. The number of likely N-dealkylation sites (N-methyl/N-ethyl adjacent to an activating group) is 1. The van der Waals surface area contributed by atoms with Crippen molar-refractivity contribution in [2.45, 2.75) is 13.8 Å². The van der Waals surface area contributed by atoms with Gasteiger partial charge in [0.05, 0.1) is 10.2 Å². The molecule has 1 heterocycles. The molecule has 0 fully saturated rings. The summed E-state index contributed by atoms with van der Waals surface area (Å²) in [4.78, 5) is 21.4. The lowest BCUT2D eigenvalue weighted by atomic mass is 10.3. The second-order valence-electron chi connectivity index (χ2n) is 6.42. The minimum absolute atomic E-state index is 0.121. The number of ether oxygens (including phenoxy) is 1. The van der Waals surface area contributed by atoms with Crippen LogP contribution in [0.2, 0.25) is 5.02 Å². The number of carbonyl (C=O) groups is 1. The second kappa shape index (κ2) is 10.0. The average Bonchev–Trinajstić information content (AvgIpc) is 3.13. The second-order valence-corrected chi connectivity index (χ2v) is 7.87. The molecule has 29 heavy (non-hydrogen) atoms. The van der Waals surface area contributed by atoms with Crippen LogP contribution in [0.3, 0.4) is 0 Å². The minimum atomic E-state index is -0.320. The molecule has 0 saturated heterocycles. The summed E-state index contributed by atoms with van der Waals surface area (Å²) in [6.45, 7) is 7.02.